The van der Waals surface area contributed by atoms with Gasteiger partial charge in [-0.2, -0.15) is 0 Å². The summed E-state index contributed by atoms with van der Waals surface area (Å²) in [6.45, 7) is 1.79. The van der Waals surface area contributed by atoms with E-state index in [2.05, 4.69) is 20.9 Å². The minimum Gasteiger partial charge on any atom is -0.494 e. The van der Waals surface area contributed by atoms with Crippen molar-refractivity contribution >= 4 is 38.7 Å². The van der Waals surface area contributed by atoms with Gasteiger partial charge >= 0.3 is 0 Å². The van der Waals surface area contributed by atoms with E-state index in [9.17, 15) is 18.0 Å². The molecule has 9 nitrogen and oxygen atoms in total. The molecule has 4 aromatic rings. The molecule has 39 heavy (non-hydrogen) atoms. The molecule has 0 bridgehead atoms. The highest BCUT2D eigenvalue weighted by atomic mass is 32.2. The van der Waals surface area contributed by atoms with Crippen molar-refractivity contribution in [3.63, 3.8) is 0 Å². The molecule has 1 aromatic heterocycles. The number of ether oxygens (including phenoxy) is 1. The number of anilines is 1. The molecule has 0 radical (unpaired) electrons. The molecule has 11 heteroatoms. The zero-order valence-corrected chi connectivity index (χ0v) is 22.7. The third-order valence-corrected chi connectivity index (χ3v) is 9.03. The van der Waals surface area contributed by atoms with E-state index in [4.69, 9.17) is 4.74 Å². The first kappa shape index (κ1) is 26.5. The molecule has 0 aliphatic carbocycles. The fraction of sp³-hybridized carbons (Fsp3) is 0.179. The number of amides is 2. The summed E-state index contributed by atoms with van der Waals surface area (Å²) in [6.07, 6.45) is 2.64. The molecule has 0 fully saturated rings. The van der Waals surface area contributed by atoms with Crippen LogP contribution in [0.3, 0.4) is 0 Å². The van der Waals surface area contributed by atoms with Gasteiger partial charge in [0.25, 0.3) is 11.8 Å². The molecule has 2 heterocycles. The topological polar surface area (TPSA) is 126 Å². The standard InChI is InChI=1S/C28H26N4O5S2/c1-29-13-4-14-37-20-10-7-18(8-11-20)28-31-17-21(38-28)16-30-26(33)19-9-12-25-23(15-19)32-27(34)22-5-2-3-6-24(22)39(25,35)36/h2-3,5-12,15,17,29H,4,13-14,16H2,1H3,(H,30,33)(H,32,34). The van der Waals surface area contributed by atoms with E-state index in [-0.39, 0.29) is 33.2 Å². The highest BCUT2D eigenvalue weighted by Gasteiger charge is 2.31. The molecule has 200 valence electrons. The Morgan fingerprint density at radius 1 is 1.05 bits per heavy atom. The SMILES string of the molecule is CNCCCOc1ccc(-c2ncc(CNC(=O)c3ccc4c(c3)NC(=O)c3ccccc3S4(=O)=O)s2)cc1. The van der Waals surface area contributed by atoms with Crippen LogP contribution in [-0.2, 0) is 16.4 Å². The molecule has 2 amide bonds. The number of hydrogen-bond acceptors (Lipinski definition) is 8. The lowest BCUT2D eigenvalue weighted by Gasteiger charge is -2.10. The predicted molar refractivity (Wildman–Crippen MR) is 149 cm³/mol. The maximum Gasteiger partial charge on any atom is 0.257 e. The van der Waals surface area contributed by atoms with Crippen molar-refractivity contribution in [2.24, 2.45) is 0 Å². The third kappa shape index (κ3) is 5.70. The number of thiazole rings is 1. The maximum absolute atomic E-state index is 13.2. The summed E-state index contributed by atoms with van der Waals surface area (Å²) in [7, 11) is -2.03. The summed E-state index contributed by atoms with van der Waals surface area (Å²) >= 11 is 1.46. The van der Waals surface area contributed by atoms with Crippen molar-refractivity contribution in [1.82, 2.24) is 15.6 Å². The third-order valence-electron chi connectivity index (χ3n) is 6.12. The molecule has 0 spiro atoms. The summed E-state index contributed by atoms with van der Waals surface area (Å²) in [5, 5.41) is 9.37. The molecule has 0 atom stereocenters. The lowest BCUT2D eigenvalue weighted by Crippen LogP contribution is -2.22. The Kier molecular flexibility index (Phi) is 7.73. The fourth-order valence-corrected chi connectivity index (χ4v) is 6.57. The normalized spacial score (nSPS) is 13.5. The predicted octanol–water partition coefficient (Wildman–Crippen LogP) is 4.13. The fourth-order valence-electron chi connectivity index (χ4n) is 4.12. The second kappa shape index (κ2) is 11.4. The van der Waals surface area contributed by atoms with Gasteiger partial charge in [0.05, 0.1) is 34.2 Å². The summed E-state index contributed by atoms with van der Waals surface area (Å²) in [4.78, 5) is 30.8. The van der Waals surface area contributed by atoms with Gasteiger partial charge in [-0.15, -0.1) is 11.3 Å². The van der Waals surface area contributed by atoms with Crippen molar-refractivity contribution in [2.45, 2.75) is 22.8 Å². The zero-order chi connectivity index (χ0) is 27.4. The maximum atomic E-state index is 13.2. The Labute approximate surface area is 230 Å². The average molecular weight is 563 g/mol. The van der Waals surface area contributed by atoms with Crippen LogP contribution in [0.4, 0.5) is 5.69 Å². The van der Waals surface area contributed by atoms with Gasteiger partial charge in [-0.1, -0.05) is 12.1 Å². The van der Waals surface area contributed by atoms with Crippen molar-refractivity contribution < 1.29 is 22.7 Å². The van der Waals surface area contributed by atoms with E-state index >= 15 is 0 Å². The molecule has 0 unspecified atom stereocenters. The number of hydrogen-bond donors (Lipinski definition) is 3. The largest absolute Gasteiger partial charge is 0.494 e. The Balaban J connectivity index is 1.24. The molecule has 5 rings (SSSR count). The van der Waals surface area contributed by atoms with Crippen molar-refractivity contribution in [3.8, 4) is 16.3 Å². The first-order chi connectivity index (χ1) is 18.9. The molecular formula is C28H26N4O5S2. The minimum absolute atomic E-state index is 0.0566. The van der Waals surface area contributed by atoms with Crippen LogP contribution in [0.2, 0.25) is 0 Å². The zero-order valence-electron chi connectivity index (χ0n) is 21.1. The minimum atomic E-state index is -3.93. The van der Waals surface area contributed by atoms with Crippen LogP contribution in [0.25, 0.3) is 10.6 Å². The van der Waals surface area contributed by atoms with E-state index < -0.39 is 21.7 Å². The van der Waals surface area contributed by atoms with Crippen LogP contribution < -0.4 is 20.7 Å². The van der Waals surface area contributed by atoms with Crippen LogP contribution in [0.5, 0.6) is 5.75 Å². The second-order valence-electron chi connectivity index (χ2n) is 8.81. The first-order valence-electron chi connectivity index (χ1n) is 12.3. The Morgan fingerprint density at radius 2 is 1.85 bits per heavy atom. The van der Waals surface area contributed by atoms with Crippen molar-refractivity contribution in [3.05, 3.63) is 88.9 Å². The average Bonchev–Trinajstić information content (AvgIpc) is 3.40. The lowest BCUT2D eigenvalue weighted by molar-refractivity contribution is 0.0949. The van der Waals surface area contributed by atoms with Gasteiger partial charge in [0.1, 0.15) is 10.8 Å². The van der Waals surface area contributed by atoms with E-state index in [0.29, 0.717) is 6.61 Å². The second-order valence-corrected chi connectivity index (χ2v) is 11.8. The van der Waals surface area contributed by atoms with E-state index in [1.807, 2.05) is 31.3 Å². The summed E-state index contributed by atoms with van der Waals surface area (Å²) in [5.41, 5.74) is 1.31. The molecular weight excluding hydrogens is 536 g/mol. The van der Waals surface area contributed by atoms with E-state index in [0.717, 1.165) is 34.2 Å². The summed E-state index contributed by atoms with van der Waals surface area (Å²) in [5.74, 6) is -0.149. The van der Waals surface area contributed by atoms with Gasteiger partial charge in [-0.3, -0.25) is 9.59 Å². The molecule has 1 aliphatic heterocycles. The van der Waals surface area contributed by atoms with Gasteiger partial charge < -0.3 is 20.7 Å². The summed E-state index contributed by atoms with van der Waals surface area (Å²) in [6, 6.07) is 17.9. The molecule has 3 aromatic carbocycles. The van der Waals surface area contributed by atoms with Gasteiger partial charge in [-0.05, 0) is 74.6 Å². The number of rotatable bonds is 9. The highest BCUT2D eigenvalue weighted by molar-refractivity contribution is 7.91. The van der Waals surface area contributed by atoms with Gasteiger partial charge in [0.15, 0.2) is 0 Å². The Bertz CT molecular complexity index is 1630. The number of nitrogens with zero attached hydrogens (tertiary/aromatic N) is 1. The number of aromatic nitrogens is 1. The van der Waals surface area contributed by atoms with Gasteiger partial charge in [-0.25, -0.2) is 13.4 Å². The number of sulfone groups is 1. The molecule has 3 N–H and O–H groups in total. The van der Waals surface area contributed by atoms with Crippen molar-refractivity contribution in [2.75, 3.05) is 25.5 Å². The first-order valence-corrected chi connectivity index (χ1v) is 14.6. The van der Waals surface area contributed by atoms with Crippen LogP contribution in [0.1, 0.15) is 32.0 Å². The van der Waals surface area contributed by atoms with Crippen LogP contribution in [-0.4, -0.2) is 45.4 Å². The van der Waals surface area contributed by atoms with Crippen LogP contribution in [0, 0.1) is 0 Å². The van der Waals surface area contributed by atoms with Crippen LogP contribution in [0.15, 0.2) is 82.7 Å². The number of benzene rings is 3. The number of carbonyl (C=O) groups is 2. The Hall–Kier alpha value is -4.06. The quantitative estimate of drug-likeness (QED) is 0.262. The number of nitrogens with one attached hydrogen (secondary N) is 3. The number of fused-ring (bicyclic) bond motifs is 2. The monoisotopic (exact) mass is 562 g/mol. The van der Waals surface area contributed by atoms with Crippen LogP contribution >= 0.6 is 11.3 Å². The molecule has 0 saturated carbocycles. The van der Waals surface area contributed by atoms with Gasteiger partial charge in [0.2, 0.25) is 9.84 Å². The van der Waals surface area contributed by atoms with Crippen molar-refractivity contribution in [1.29, 1.82) is 0 Å². The molecule has 1 aliphatic rings. The van der Waals surface area contributed by atoms with E-state index in [1.165, 1.54) is 41.7 Å². The number of carbonyl (C=O) groups excluding carboxylic acids is 2. The van der Waals surface area contributed by atoms with Gasteiger partial charge in [0, 0.05) is 22.2 Å². The highest BCUT2D eigenvalue weighted by Crippen LogP contribution is 2.34. The Morgan fingerprint density at radius 3 is 2.64 bits per heavy atom. The van der Waals surface area contributed by atoms with E-state index in [1.54, 1.807) is 18.3 Å². The summed E-state index contributed by atoms with van der Waals surface area (Å²) < 4.78 is 32.0. The molecule has 0 saturated heterocycles. The smallest absolute Gasteiger partial charge is 0.257 e. The lowest BCUT2D eigenvalue weighted by atomic mass is 10.1.